The molecule has 1 aliphatic heterocycles. The van der Waals surface area contributed by atoms with Crippen molar-refractivity contribution >= 4 is 49.8 Å². The first-order chi connectivity index (χ1) is 19.3. The van der Waals surface area contributed by atoms with Crippen LogP contribution in [0.4, 0.5) is 5.13 Å². The van der Waals surface area contributed by atoms with Gasteiger partial charge in [-0.1, -0.05) is 48.3 Å². The maximum absolute atomic E-state index is 13.7. The summed E-state index contributed by atoms with van der Waals surface area (Å²) in [5.74, 6) is -1.31. The molecule has 6 rings (SSSR count). The van der Waals surface area contributed by atoms with Crippen molar-refractivity contribution in [2.75, 3.05) is 11.5 Å². The molecular formula is C31H26N4O4S. The number of aromatic nitrogens is 3. The third kappa shape index (κ3) is 4.06. The first-order valence-electron chi connectivity index (χ1n) is 12.7. The van der Waals surface area contributed by atoms with Crippen LogP contribution in [0.5, 0.6) is 5.75 Å². The molecular weight excluding hydrogens is 524 g/mol. The van der Waals surface area contributed by atoms with Crippen molar-refractivity contribution in [3.05, 3.63) is 107 Å². The van der Waals surface area contributed by atoms with E-state index in [9.17, 15) is 14.7 Å². The van der Waals surface area contributed by atoms with Crippen molar-refractivity contribution in [3.63, 3.8) is 0 Å². The molecule has 3 aromatic heterocycles. The van der Waals surface area contributed by atoms with Crippen LogP contribution in [0.2, 0.25) is 0 Å². The number of pyridine rings is 1. The molecule has 1 atom stereocenters. The lowest BCUT2D eigenvalue weighted by Crippen LogP contribution is -2.29. The van der Waals surface area contributed by atoms with E-state index in [2.05, 4.69) is 11.6 Å². The first kappa shape index (κ1) is 25.5. The van der Waals surface area contributed by atoms with Gasteiger partial charge in [0.1, 0.15) is 23.7 Å². The molecule has 9 heteroatoms. The minimum Gasteiger partial charge on any atom is -0.505 e. The molecule has 1 amide bonds. The summed E-state index contributed by atoms with van der Waals surface area (Å²) in [6.45, 7) is 9.73. The molecule has 0 aliphatic carbocycles. The van der Waals surface area contributed by atoms with Crippen LogP contribution >= 0.6 is 11.3 Å². The highest BCUT2D eigenvalue weighted by Gasteiger charge is 2.48. The Balaban J connectivity index is 1.60. The number of benzene rings is 2. The van der Waals surface area contributed by atoms with Gasteiger partial charge in [-0.25, -0.2) is 9.97 Å². The Morgan fingerprint density at radius 3 is 2.73 bits per heavy atom. The van der Waals surface area contributed by atoms with Gasteiger partial charge in [0.15, 0.2) is 10.9 Å². The van der Waals surface area contributed by atoms with Crippen LogP contribution in [0.15, 0.2) is 79.0 Å². The number of Topliss-reactive ketones (excluding diaryl/α,β-unsaturated/α-hetero) is 1. The maximum atomic E-state index is 13.7. The van der Waals surface area contributed by atoms with Gasteiger partial charge in [0, 0.05) is 6.20 Å². The molecule has 1 fully saturated rings. The van der Waals surface area contributed by atoms with Crippen molar-refractivity contribution in [3.8, 4) is 5.75 Å². The van der Waals surface area contributed by atoms with Crippen LogP contribution in [-0.2, 0) is 9.59 Å². The number of amides is 1. The van der Waals surface area contributed by atoms with Crippen molar-refractivity contribution in [2.45, 2.75) is 26.8 Å². The average Bonchev–Trinajstić information content (AvgIpc) is 3.58. The Labute approximate surface area is 234 Å². The lowest BCUT2D eigenvalue weighted by molar-refractivity contribution is -0.132. The second-order valence-electron chi connectivity index (χ2n) is 9.74. The predicted octanol–water partition coefficient (Wildman–Crippen LogP) is 6.06. The number of aryl methyl sites for hydroxylation is 3. The van der Waals surface area contributed by atoms with E-state index in [4.69, 9.17) is 9.72 Å². The van der Waals surface area contributed by atoms with Gasteiger partial charge in [-0.2, -0.15) is 0 Å². The Morgan fingerprint density at radius 1 is 1.10 bits per heavy atom. The molecule has 1 aliphatic rings. The molecule has 1 N–H and O–H groups in total. The van der Waals surface area contributed by atoms with Gasteiger partial charge < -0.3 is 9.84 Å². The average molecular weight is 551 g/mol. The second-order valence-corrected chi connectivity index (χ2v) is 10.8. The van der Waals surface area contributed by atoms with E-state index >= 15 is 0 Å². The van der Waals surface area contributed by atoms with Crippen molar-refractivity contribution in [2.24, 2.45) is 0 Å². The fourth-order valence-electron chi connectivity index (χ4n) is 5.26. The molecule has 0 radical (unpaired) electrons. The SMILES string of the molecule is C=CCOc1cccc(C2/C(=C(\O)c3c(C)nc4ccccn34)C(=O)C(=O)N2c2nc3c(C)cc(C)cc3s2)c1. The fourth-order valence-corrected chi connectivity index (χ4v) is 6.43. The number of ether oxygens (including phenoxy) is 1. The monoisotopic (exact) mass is 550 g/mol. The molecule has 1 unspecified atom stereocenters. The number of imidazole rings is 1. The van der Waals surface area contributed by atoms with Crippen LogP contribution in [0.1, 0.15) is 34.1 Å². The number of fused-ring (bicyclic) bond motifs is 2. The van der Waals surface area contributed by atoms with Crippen molar-refractivity contribution < 1.29 is 19.4 Å². The lowest BCUT2D eigenvalue weighted by atomic mass is 9.96. The van der Waals surface area contributed by atoms with E-state index in [1.165, 1.54) is 16.2 Å². The summed E-state index contributed by atoms with van der Waals surface area (Å²) in [5, 5.41) is 12.1. The number of hydrogen-bond acceptors (Lipinski definition) is 7. The Hall–Kier alpha value is -4.76. The largest absolute Gasteiger partial charge is 0.505 e. The van der Waals surface area contributed by atoms with E-state index in [-0.39, 0.29) is 11.3 Å². The molecule has 40 heavy (non-hydrogen) atoms. The van der Waals surface area contributed by atoms with Crippen LogP contribution < -0.4 is 9.64 Å². The fraction of sp³-hybridized carbons (Fsp3) is 0.161. The summed E-state index contributed by atoms with van der Waals surface area (Å²) in [7, 11) is 0. The zero-order chi connectivity index (χ0) is 28.1. The summed E-state index contributed by atoms with van der Waals surface area (Å²) >= 11 is 1.34. The molecule has 8 nitrogen and oxygen atoms in total. The molecule has 0 bridgehead atoms. The lowest BCUT2D eigenvalue weighted by Gasteiger charge is -2.23. The first-order valence-corrected chi connectivity index (χ1v) is 13.6. The normalized spacial score (nSPS) is 16.8. The zero-order valence-corrected chi connectivity index (χ0v) is 23.0. The number of aliphatic hydroxyl groups is 1. The van der Waals surface area contributed by atoms with E-state index in [0.717, 1.165) is 21.3 Å². The summed E-state index contributed by atoms with van der Waals surface area (Å²) in [4.78, 5) is 38.2. The minimum absolute atomic E-state index is 0.0354. The van der Waals surface area contributed by atoms with E-state index < -0.39 is 17.7 Å². The van der Waals surface area contributed by atoms with Gasteiger partial charge >= 0.3 is 5.91 Å². The number of rotatable bonds is 6. The van der Waals surface area contributed by atoms with E-state index in [1.54, 1.807) is 41.8 Å². The summed E-state index contributed by atoms with van der Waals surface area (Å²) < 4.78 is 8.38. The molecule has 200 valence electrons. The highest BCUT2D eigenvalue weighted by molar-refractivity contribution is 7.22. The standard InChI is InChI=1S/C31H26N4O4S/c1-5-13-39-21-10-8-9-20(16-21)27-24(28(36)26-19(4)32-23-11-6-7-12-34(23)26)29(37)30(38)35(27)31-33-25-18(3)14-17(2)15-22(25)40-31/h5-12,14-16,27,36H,1,13H2,2-4H3/b28-24+. The number of nitrogens with zero attached hydrogens (tertiary/aromatic N) is 4. The second kappa shape index (κ2) is 9.77. The van der Waals surface area contributed by atoms with Crippen LogP contribution in [-0.4, -0.2) is 37.8 Å². The number of carbonyl (C=O) groups excluding carboxylic acids is 2. The third-order valence-corrected chi connectivity index (χ3v) is 7.94. The number of ketones is 1. The number of aliphatic hydroxyl groups excluding tert-OH is 1. The molecule has 0 saturated carbocycles. The van der Waals surface area contributed by atoms with Crippen LogP contribution in [0.3, 0.4) is 0 Å². The molecule has 4 heterocycles. The van der Waals surface area contributed by atoms with Gasteiger partial charge in [0.25, 0.3) is 5.78 Å². The minimum atomic E-state index is -0.942. The summed E-state index contributed by atoms with van der Waals surface area (Å²) in [6, 6.07) is 15.7. The molecule has 1 saturated heterocycles. The van der Waals surface area contributed by atoms with Gasteiger partial charge in [0.2, 0.25) is 0 Å². The number of anilines is 1. The number of carbonyl (C=O) groups is 2. The Morgan fingerprint density at radius 2 is 1.93 bits per heavy atom. The topological polar surface area (TPSA) is 97.0 Å². The zero-order valence-electron chi connectivity index (χ0n) is 22.2. The molecule has 0 spiro atoms. The number of thiazole rings is 1. The van der Waals surface area contributed by atoms with Gasteiger partial charge in [-0.05, 0) is 67.8 Å². The highest BCUT2D eigenvalue weighted by Crippen LogP contribution is 2.45. The van der Waals surface area contributed by atoms with E-state index in [0.29, 0.717) is 40.1 Å². The maximum Gasteiger partial charge on any atom is 0.301 e. The highest BCUT2D eigenvalue weighted by atomic mass is 32.1. The van der Waals surface area contributed by atoms with E-state index in [1.807, 2.05) is 50.2 Å². The molecule has 2 aromatic carbocycles. The summed E-state index contributed by atoms with van der Waals surface area (Å²) in [5.41, 5.74) is 4.89. The van der Waals surface area contributed by atoms with Crippen LogP contribution in [0.25, 0.3) is 21.6 Å². The third-order valence-electron chi connectivity index (χ3n) is 6.94. The molecule has 5 aromatic rings. The Kier molecular flexibility index (Phi) is 6.23. The quantitative estimate of drug-likeness (QED) is 0.119. The van der Waals surface area contributed by atoms with Crippen molar-refractivity contribution in [1.82, 2.24) is 14.4 Å². The predicted molar refractivity (Wildman–Crippen MR) is 156 cm³/mol. The van der Waals surface area contributed by atoms with Gasteiger partial charge in [0.05, 0.1) is 27.5 Å². The van der Waals surface area contributed by atoms with Gasteiger partial charge in [-0.15, -0.1) is 0 Å². The Bertz CT molecular complexity index is 1880. The smallest absolute Gasteiger partial charge is 0.301 e. The summed E-state index contributed by atoms with van der Waals surface area (Å²) in [6.07, 6.45) is 3.40. The van der Waals surface area contributed by atoms with Gasteiger partial charge in [-0.3, -0.25) is 18.9 Å². The van der Waals surface area contributed by atoms with Crippen LogP contribution in [0, 0.1) is 20.8 Å². The number of hydrogen-bond donors (Lipinski definition) is 1. The van der Waals surface area contributed by atoms with Crippen molar-refractivity contribution in [1.29, 1.82) is 0 Å².